The van der Waals surface area contributed by atoms with E-state index in [0.29, 0.717) is 11.8 Å². The normalized spacial score (nSPS) is 48.3. The molecule has 4 aliphatic carbocycles. The molecule has 3 heteroatoms. The zero-order valence-corrected chi connectivity index (χ0v) is 12.9. The Kier molecular flexibility index (Phi) is 2.62. The monoisotopic (exact) mass is 286 g/mol. The molecule has 1 amide bonds. The van der Waals surface area contributed by atoms with Gasteiger partial charge < -0.3 is 9.80 Å². The third-order valence-corrected chi connectivity index (χ3v) is 7.22. The van der Waals surface area contributed by atoms with Gasteiger partial charge in [0.1, 0.15) is 0 Å². The second kappa shape index (κ2) is 4.34. The van der Waals surface area contributed by atoms with Gasteiger partial charge in [0.2, 0.25) is 5.91 Å². The van der Waals surface area contributed by atoms with Gasteiger partial charge in [-0.05, 0) is 74.9 Å². The van der Waals surface area contributed by atoms with Crippen molar-refractivity contribution in [1.82, 2.24) is 9.80 Å². The zero-order valence-electron chi connectivity index (χ0n) is 12.9. The number of likely N-dealkylation sites (tertiary alicyclic amines) is 2. The molecule has 0 spiro atoms. The van der Waals surface area contributed by atoms with Gasteiger partial charge in [0.15, 0.2) is 0 Å². The molecule has 2 saturated carbocycles. The zero-order chi connectivity index (χ0) is 14.1. The maximum absolute atomic E-state index is 12.9. The number of rotatable bonds is 1. The summed E-state index contributed by atoms with van der Waals surface area (Å²) in [6.07, 6.45) is 8.61. The second-order valence-electron chi connectivity index (χ2n) is 8.25. The summed E-state index contributed by atoms with van der Waals surface area (Å²) in [5.41, 5.74) is 0. The average Bonchev–Trinajstić information content (AvgIpc) is 3.20. The molecule has 0 aromatic heterocycles. The Labute approximate surface area is 127 Å². The summed E-state index contributed by atoms with van der Waals surface area (Å²) in [6.45, 7) is 4.30. The van der Waals surface area contributed by atoms with Crippen LogP contribution in [-0.4, -0.2) is 48.9 Å². The highest BCUT2D eigenvalue weighted by atomic mass is 16.2. The van der Waals surface area contributed by atoms with Crippen molar-refractivity contribution in [2.45, 2.75) is 19.3 Å². The number of carbonyl (C=O) groups excluding carboxylic acids is 1. The highest BCUT2D eigenvalue weighted by Crippen LogP contribution is 2.64. The molecule has 2 heterocycles. The number of hydrogen-bond acceptors (Lipinski definition) is 2. The van der Waals surface area contributed by atoms with Crippen molar-refractivity contribution in [2.75, 3.05) is 33.2 Å². The van der Waals surface area contributed by atoms with Crippen LogP contribution in [0.15, 0.2) is 12.2 Å². The van der Waals surface area contributed by atoms with Gasteiger partial charge in [-0.25, -0.2) is 0 Å². The number of amides is 1. The first-order chi connectivity index (χ1) is 10.2. The SMILES string of the molecule is CN1CCC(C(=O)N2CC3[C@@H](C2)[C@H]2C=C[C@@H]3[C@@H]3C[C@H]23)CC1. The first-order valence-corrected chi connectivity index (χ1v) is 8.88. The topological polar surface area (TPSA) is 23.6 Å². The molecule has 6 rings (SSSR count). The Balaban J connectivity index is 1.30. The third-order valence-electron chi connectivity index (χ3n) is 7.22. The van der Waals surface area contributed by atoms with Gasteiger partial charge in [-0.1, -0.05) is 12.2 Å². The van der Waals surface area contributed by atoms with E-state index in [9.17, 15) is 4.79 Å². The molecule has 0 N–H and O–H groups in total. The van der Waals surface area contributed by atoms with E-state index in [0.717, 1.165) is 74.5 Å². The number of nitrogens with zero attached hydrogens (tertiary/aromatic N) is 2. The van der Waals surface area contributed by atoms with Gasteiger partial charge in [0, 0.05) is 19.0 Å². The Morgan fingerprint density at radius 2 is 1.52 bits per heavy atom. The highest BCUT2D eigenvalue weighted by Gasteiger charge is 2.61. The quantitative estimate of drug-likeness (QED) is 0.687. The van der Waals surface area contributed by atoms with Crippen LogP contribution in [-0.2, 0) is 4.79 Å². The van der Waals surface area contributed by atoms with Crippen molar-refractivity contribution in [2.24, 2.45) is 41.4 Å². The molecule has 4 fully saturated rings. The fraction of sp³-hybridized carbons (Fsp3) is 0.833. The van der Waals surface area contributed by atoms with Crippen LogP contribution in [0.5, 0.6) is 0 Å². The smallest absolute Gasteiger partial charge is 0.225 e. The van der Waals surface area contributed by atoms with E-state index in [2.05, 4.69) is 29.0 Å². The van der Waals surface area contributed by atoms with Crippen molar-refractivity contribution in [1.29, 1.82) is 0 Å². The maximum Gasteiger partial charge on any atom is 0.225 e. The van der Waals surface area contributed by atoms with Gasteiger partial charge in [-0.15, -0.1) is 0 Å². The van der Waals surface area contributed by atoms with Crippen LogP contribution in [0.25, 0.3) is 0 Å². The minimum Gasteiger partial charge on any atom is -0.342 e. The second-order valence-corrected chi connectivity index (χ2v) is 8.25. The van der Waals surface area contributed by atoms with E-state index in [1.807, 2.05) is 0 Å². The number of piperidine rings is 1. The molecule has 114 valence electrons. The highest BCUT2D eigenvalue weighted by molar-refractivity contribution is 5.79. The van der Waals surface area contributed by atoms with E-state index in [1.54, 1.807) is 0 Å². The Bertz CT molecular complexity index is 467. The fourth-order valence-electron chi connectivity index (χ4n) is 5.95. The number of hydrogen-bond donors (Lipinski definition) is 0. The van der Waals surface area contributed by atoms with Crippen LogP contribution in [0.1, 0.15) is 19.3 Å². The molecule has 0 aromatic rings. The molecule has 0 radical (unpaired) electrons. The summed E-state index contributed by atoms with van der Waals surface area (Å²) in [7, 11) is 2.17. The van der Waals surface area contributed by atoms with E-state index in [1.165, 1.54) is 6.42 Å². The van der Waals surface area contributed by atoms with Crippen LogP contribution in [0.4, 0.5) is 0 Å². The summed E-state index contributed by atoms with van der Waals surface area (Å²) < 4.78 is 0. The van der Waals surface area contributed by atoms with E-state index < -0.39 is 0 Å². The fourth-order valence-corrected chi connectivity index (χ4v) is 5.95. The van der Waals surface area contributed by atoms with E-state index in [-0.39, 0.29) is 0 Å². The number of allylic oxidation sites excluding steroid dienone is 2. The lowest BCUT2D eigenvalue weighted by atomic mass is 9.64. The summed E-state index contributed by atoms with van der Waals surface area (Å²) >= 11 is 0. The molecular weight excluding hydrogens is 260 g/mol. The van der Waals surface area contributed by atoms with Crippen molar-refractivity contribution < 1.29 is 4.79 Å². The lowest BCUT2D eigenvalue weighted by molar-refractivity contribution is -0.136. The minimum absolute atomic E-state index is 0.307. The molecule has 6 aliphatic rings. The minimum atomic E-state index is 0.307. The van der Waals surface area contributed by atoms with Crippen LogP contribution >= 0.6 is 0 Å². The van der Waals surface area contributed by atoms with Crippen LogP contribution in [0.2, 0.25) is 0 Å². The Morgan fingerprint density at radius 1 is 0.952 bits per heavy atom. The van der Waals surface area contributed by atoms with Gasteiger partial charge >= 0.3 is 0 Å². The Hall–Kier alpha value is -0.830. The van der Waals surface area contributed by atoms with E-state index in [4.69, 9.17) is 0 Å². The molecule has 0 aromatic carbocycles. The largest absolute Gasteiger partial charge is 0.342 e. The van der Waals surface area contributed by atoms with Crippen molar-refractivity contribution in [3.05, 3.63) is 12.2 Å². The van der Waals surface area contributed by atoms with Gasteiger partial charge in [0.25, 0.3) is 0 Å². The molecule has 3 nitrogen and oxygen atoms in total. The molecule has 6 atom stereocenters. The van der Waals surface area contributed by atoms with Gasteiger partial charge in [-0.2, -0.15) is 0 Å². The lowest BCUT2D eigenvalue weighted by Gasteiger charge is -2.40. The average molecular weight is 286 g/mol. The summed E-state index contributed by atoms with van der Waals surface area (Å²) in [6, 6.07) is 0. The van der Waals surface area contributed by atoms with Crippen molar-refractivity contribution in [3.8, 4) is 0 Å². The predicted molar refractivity (Wildman–Crippen MR) is 81.5 cm³/mol. The molecule has 2 aliphatic heterocycles. The molecular formula is C18H26N2O. The Morgan fingerprint density at radius 3 is 2.10 bits per heavy atom. The van der Waals surface area contributed by atoms with Crippen LogP contribution < -0.4 is 0 Å². The molecule has 1 unspecified atom stereocenters. The molecule has 2 bridgehead atoms. The van der Waals surface area contributed by atoms with Crippen LogP contribution in [0.3, 0.4) is 0 Å². The first kappa shape index (κ1) is 12.7. The summed E-state index contributed by atoms with van der Waals surface area (Å²) in [5, 5.41) is 0. The van der Waals surface area contributed by atoms with Crippen LogP contribution in [0, 0.1) is 41.4 Å². The number of carbonyl (C=O) groups is 1. The summed E-state index contributed by atoms with van der Waals surface area (Å²) in [5.74, 6) is 5.95. The van der Waals surface area contributed by atoms with Crippen molar-refractivity contribution in [3.63, 3.8) is 0 Å². The maximum atomic E-state index is 12.9. The molecule has 2 saturated heterocycles. The molecule has 21 heavy (non-hydrogen) atoms. The van der Waals surface area contributed by atoms with Crippen molar-refractivity contribution >= 4 is 5.91 Å². The standard InChI is InChI=1S/C18H26N2O/c1-19-6-4-11(5-7-19)18(21)20-9-16-12-2-3-13(17(16)10-20)15-8-14(12)15/h2-3,11-17H,4-10H2,1H3/t12-,13+,14+,15-,16-,17?/m0/s1. The third kappa shape index (κ3) is 1.79. The first-order valence-electron chi connectivity index (χ1n) is 8.88. The lowest BCUT2D eigenvalue weighted by Crippen LogP contribution is -2.40. The van der Waals surface area contributed by atoms with E-state index >= 15 is 0 Å². The van der Waals surface area contributed by atoms with Gasteiger partial charge in [-0.3, -0.25) is 4.79 Å². The summed E-state index contributed by atoms with van der Waals surface area (Å²) in [4.78, 5) is 17.5. The van der Waals surface area contributed by atoms with Gasteiger partial charge in [0.05, 0.1) is 0 Å². The predicted octanol–water partition coefficient (Wildman–Crippen LogP) is 1.85.